The van der Waals surface area contributed by atoms with Crippen molar-refractivity contribution in [1.29, 1.82) is 0 Å². The van der Waals surface area contributed by atoms with Gasteiger partial charge < -0.3 is 14.6 Å². The molecule has 5 rings (SSSR count). The molecule has 4 aromatic rings. The summed E-state index contributed by atoms with van der Waals surface area (Å²) in [6.07, 6.45) is 1.67. The Balaban J connectivity index is 1.76. The van der Waals surface area contributed by atoms with Crippen LogP contribution in [0.25, 0.3) is 32.9 Å². The molecule has 0 unspecified atom stereocenters. The van der Waals surface area contributed by atoms with Gasteiger partial charge in [0.25, 0.3) is 0 Å². The van der Waals surface area contributed by atoms with Crippen LogP contribution >= 0.6 is 11.3 Å². The minimum Gasteiger partial charge on any atom is -0.492 e. The minimum atomic E-state index is -0.0494. The Morgan fingerprint density at radius 2 is 1.96 bits per heavy atom. The van der Waals surface area contributed by atoms with E-state index >= 15 is 0 Å². The van der Waals surface area contributed by atoms with Gasteiger partial charge in [0.15, 0.2) is 17.3 Å². The number of thiophene rings is 1. The molecule has 1 aliphatic rings. The highest BCUT2D eigenvalue weighted by Gasteiger charge is 2.22. The second-order valence-corrected chi connectivity index (χ2v) is 6.33. The van der Waals surface area contributed by atoms with Crippen LogP contribution in [0.1, 0.15) is 0 Å². The number of para-hydroxylation sites is 1. The summed E-state index contributed by atoms with van der Waals surface area (Å²) in [6, 6.07) is 11.2. The molecule has 25 heavy (non-hydrogen) atoms. The SMILES string of the molecule is Oc1nc(-c2ccccn2)nc2c(-c3cccc4c3OCO4)csc12. The van der Waals surface area contributed by atoms with Crippen LogP contribution in [-0.4, -0.2) is 26.9 Å². The Morgan fingerprint density at radius 1 is 1.00 bits per heavy atom. The van der Waals surface area contributed by atoms with E-state index in [-0.39, 0.29) is 12.7 Å². The Morgan fingerprint density at radius 3 is 2.84 bits per heavy atom. The predicted molar refractivity (Wildman–Crippen MR) is 93.9 cm³/mol. The van der Waals surface area contributed by atoms with Crippen LogP contribution in [0.5, 0.6) is 17.4 Å². The van der Waals surface area contributed by atoms with E-state index in [0.717, 1.165) is 11.1 Å². The van der Waals surface area contributed by atoms with Gasteiger partial charge in [0.2, 0.25) is 12.7 Å². The molecule has 6 nitrogen and oxygen atoms in total. The van der Waals surface area contributed by atoms with Gasteiger partial charge in [-0.2, -0.15) is 4.98 Å². The number of rotatable bonds is 2. The van der Waals surface area contributed by atoms with Crippen LogP contribution in [0, 0.1) is 0 Å². The van der Waals surface area contributed by atoms with E-state index in [9.17, 15) is 5.11 Å². The van der Waals surface area contributed by atoms with Crippen molar-refractivity contribution < 1.29 is 14.6 Å². The molecule has 0 bridgehead atoms. The molecule has 0 fully saturated rings. The molecule has 1 aromatic carbocycles. The molecule has 0 aliphatic carbocycles. The van der Waals surface area contributed by atoms with E-state index in [2.05, 4.69) is 15.0 Å². The molecule has 0 saturated heterocycles. The highest BCUT2D eigenvalue weighted by atomic mass is 32.1. The molecule has 1 N–H and O–H groups in total. The minimum absolute atomic E-state index is 0.0494. The van der Waals surface area contributed by atoms with Crippen LogP contribution < -0.4 is 9.47 Å². The highest BCUT2D eigenvalue weighted by molar-refractivity contribution is 7.18. The molecular weight excluding hydrogens is 338 g/mol. The van der Waals surface area contributed by atoms with Crippen molar-refractivity contribution >= 4 is 21.6 Å². The zero-order valence-corrected chi connectivity index (χ0v) is 13.7. The van der Waals surface area contributed by atoms with E-state index in [1.165, 1.54) is 11.3 Å². The lowest BCUT2D eigenvalue weighted by molar-refractivity contribution is 0.174. The topological polar surface area (TPSA) is 77.4 Å². The maximum atomic E-state index is 10.3. The van der Waals surface area contributed by atoms with Crippen molar-refractivity contribution in [3.05, 3.63) is 48.0 Å². The number of benzene rings is 1. The first-order chi connectivity index (χ1) is 12.3. The molecule has 1 aliphatic heterocycles. The number of ether oxygens (including phenoxy) is 2. The van der Waals surface area contributed by atoms with Crippen LogP contribution in [-0.2, 0) is 0 Å². The average Bonchev–Trinajstić information content (AvgIpc) is 3.29. The van der Waals surface area contributed by atoms with Crippen molar-refractivity contribution in [3.63, 3.8) is 0 Å². The number of aromatic hydroxyl groups is 1. The van der Waals surface area contributed by atoms with E-state index in [4.69, 9.17) is 9.47 Å². The van der Waals surface area contributed by atoms with E-state index in [1.807, 2.05) is 41.8 Å². The zero-order valence-electron chi connectivity index (χ0n) is 12.8. The summed E-state index contributed by atoms with van der Waals surface area (Å²) in [5.74, 6) is 1.74. The summed E-state index contributed by atoms with van der Waals surface area (Å²) in [5.41, 5.74) is 3.03. The van der Waals surface area contributed by atoms with Gasteiger partial charge >= 0.3 is 0 Å². The van der Waals surface area contributed by atoms with Crippen molar-refractivity contribution in [1.82, 2.24) is 15.0 Å². The fourth-order valence-electron chi connectivity index (χ4n) is 2.85. The molecule has 3 aromatic heterocycles. The highest BCUT2D eigenvalue weighted by Crippen LogP contribution is 2.45. The summed E-state index contributed by atoms with van der Waals surface area (Å²) in [5, 5.41) is 12.3. The fraction of sp³-hybridized carbons (Fsp3) is 0.0556. The van der Waals surface area contributed by atoms with Gasteiger partial charge in [-0.3, -0.25) is 4.98 Å². The van der Waals surface area contributed by atoms with Crippen LogP contribution in [0.15, 0.2) is 48.0 Å². The zero-order chi connectivity index (χ0) is 16.8. The van der Waals surface area contributed by atoms with Gasteiger partial charge in [-0.25, -0.2) is 4.98 Å². The van der Waals surface area contributed by atoms with Crippen molar-refractivity contribution in [2.24, 2.45) is 0 Å². The summed E-state index contributed by atoms with van der Waals surface area (Å²) in [4.78, 5) is 13.1. The van der Waals surface area contributed by atoms with Crippen LogP contribution in [0.4, 0.5) is 0 Å². The third-order valence-corrected chi connectivity index (χ3v) is 4.94. The predicted octanol–water partition coefficient (Wildman–Crippen LogP) is 3.85. The van der Waals surface area contributed by atoms with Gasteiger partial charge in [-0.05, 0) is 18.2 Å². The molecule has 0 spiro atoms. The van der Waals surface area contributed by atoms with Gasteiger partial charge in [-0.15, -0.1) is 11.3 Å². The monoisotopic (exact) mass is 349 g/mol. The maximum absolute atomic E-state index is 10.3. The van der Waals surface area contributed by atoms with Crippen molar-refractivity contribution in [3.8, 4) is 40.0 Å². The quantitative estimate of drug-likeness (QED) is 0.592. The standard InChI is InChI=1S/C18H11N3O3S/c22-18-16-14(20-17(21-18)12-5-1-2-7-19-12)11(8-25-16)10-4-3-6-13-15(10)24-9-23-13/h1-8H,9H2,(H,20,21,22). The number of aromatic nitrogens is 3. The number of pyridine rings is 1. The maximum Gasteiger partial charge on any atom is 0.233 e. The molecule has 0 amide bonds. The lowest BCUT2D eigenvalue weighted by Crippen LogP contribution is -1.94. The second kappa shape index (κ2) is 5.42. The van der Waals surface area contributed by atoms with Crippen molar-refractivity contribution in [2.75, 3.05) is 6.79 Å². The Labute approximate surface area is 146 Å². The number of fused-ring (bicyclic) bond motifs is 2. The molecule has 0 radical (unpaired) electrons. The smallest absolute Gasteiger partial charge is 0.233 e. The Hall–Kier alpha value is -3.19. The molecule has 122 valence electrons. The Kier molecular flexibility index (Phi) is 3.07. The normalized spacial score (nSPS) is 12.6. The largest absolute Gasteiger partial charge is 0.492 e. The first-order valence-electron chi connectivity index (χ1n) is 7.60. The molecule has 4 heterocycles. The summed E-state index contributed by atoms with van der Waals surface area (Å²) < 4.78 is 11.7. The van der Waals surface area contributed by atoms with E-state index in [0.29, 0.717) is 33.2 Å². The molecular formula is C18H11N3O3S. The van der Waals surface area contributed by atoms with Crippen LogP contribution in [0.3, 0.4) is 0 Å². The van der Waals surface area contributed by atoms with Crippen molar-refractivity contribution in [2.45, 2.75) is 0 Å². The lowest BCUT2D eigenvalue weighted by Gasteiger charge is -2.06. The van der Waals surface area contributed by atoms with Gasteiger partial charge in [0.05, 0.1) is 5.52 Å². The van der Waals surface area contributed by atoms with Crippen LogP contribution in [0.2, 0.25) is 0 Å². The Bertz CT molecular complexity index is 1100. The average molecular weight is 349 g/mol. The van der Waals surface area contributed by atoms with E-state index < -0.39 is 0 Å². The third-order valence-electron chi connectivity index (χ3n) is 3.98. The first-order valence-corrected chi connectivity index (χ1v) is 8.48. The third kappa shape index (κ3) is 2.20. The fourth-order valence-corrected chi connectivity index (χ4v) is 3.74. The summed E-state index contributed by atoms with van der Waals surface area (Å²) >= 11 is 1.39. The summed E-state index contributed by atoms with van der Waals surface area (Å²) in [6.45, 7) is 0.202. The molecule has 0 saturated carbocycles. The summed E-state index contributed by atoms with van der Waals surface area (Å²) in [7, 11) is 0. The van der Waals surface area contributed by atoms with E-state index in [1.54, 1.807) is 6.20 Å². The number of hydrogen-bond acceptors (Lipinski definition) is 7. The second-order valence-electron chi connectivity index (χ2n) is 5.45. The first kappa shape index (κ1) is 14.2. The molecule has 0 atom stereocenters. The lowest BCUT2D eigenvalue weighted by atomic mass is 10.1. The number of nitrogens with zero attached hydrogens (tertiary/aromatic N) is 3. The van der Waals surface area contributed by atoms with Gasteiger partial charge in [0.1, 0.15) is 10.4 Å². The van der Waals surface area contributed by atoms with Gasteiger partial charge in [0, 0.05) is 22.7 Å². The molecule has 7 heteroatoms. The van der Waals surface area contributed by atoms with Gasteiger partial charge in [-0.1, -0.05) is 18.2 Å². The number of hydrogen-bond donors (Lipinski definition) is 1.